The van der Waals surface area contributed by atoms with Gasteiger partial charge >= 0.3 is 0 Å². The van der Waals surface area contributed by atoms with Crippen LogP contribution in [-0.2, 0) is 0 Å². The van der Waals surface area contributed by atoms with E-state index < -0.39 is 0 Å². The third kappa shape index (κ3) is 2.23. The van der Waals surface area contributed by atoms with Crippen molar-refractivity contribution in [1.82, 2.24) is 10.3 Å². The summed E-state index contributed by atoms with van der Waals surface area (Å²) in [7, 11) is 0. The van der Waals surface area contributed by atoms with Crippen molar-refractivity contribution in [2.24, 2.45) is 0 Å². The molecule has 0 aliphatic carbocycles. The normalized spacial score (nSPS) is 11.2. The van der Waals surface area contributed by atoms with Crippen LogP contribution >= 0.6 is 0 Å². The first-order valence-corrected chi connectivity index (χ1v) is 2.65. The monoisotopic (exact) mass is 120 g/mol. The maximum absolute atomic E-state index is 8.33. The summed E-state index contributed by atoms with van der Waals surface area (Å²) in [5.74, 6) is 0. The van der Waals surface area contributed by atoms with E-state index in [1.54, 1.807) is 0 Å². The van der Waals surface area contributed by atoms with Crippen LogP contribution in [0.4, 0.5) is 0 Å². The van der Waals surface area contributed by atoms with Gasteiger partial charge in [-0.15, -0.1) is 0 Å². The molecular weight excluding hydrogens is 108 g/mol. The number of rotatable bonds is 3. The summed E-state index contributed by atoms with van der Waals surface area (Å²) < 4.78 is 0. The van der Waals surface area contributed by atoms with E-state index in [2.05, 4.69) is 0 Å². The van der Waals surface area contributed by atoms with Gasteiger partial charge < -0.3 is 0 Å². The molecule has 0 atom stereocenters. The van der Waals surface area contributed by atoms with Crippen LogP contribution in [0, 0.1) is 0 Å². The second-order valence-corrected chi connectivity index (χ2v) is 1.41. The van der Waals surface area contributed by atoms with Crippen molar-refractivity contribution in [2.45, 2.75) is 13.8 Å². The van der Waals surface area contributed by atoms with Gasteiger partial charge in [0.25, 0.3) is 0 Å². The number of hydrogen-bond acceptors (Lipinski definition) is 4. The highest BCUT2D eigenvalue weighted by molar-refractivity contribution is 4.33. The SMILES string of the molecule is CCN(CC)N(O)O. The Hall–Kier alpha value is -0.160. The Morgan fingerprint density at radius 1 is 1.12 bits per heavy atom. The van der Waals surface area contributed by atoms with Crippen molar-refractivity contribution in [2.75, 3.05) is 13.1 Å². The molecule has 0 rings (SSSR count). The van der Waals surface area contributed by atoms with E-state index in [-0.39, 0.29) is 5.34 Å². The lowest BCUT2D eigenvalue weighted by molar-refractivity contribution is -0.416. The predicted molar refractivity (Wildman–Crippen MR) is 28.3 cm³/mol. The minimum Gasteiger partial charge on any atom is -0.276 e. The smallest absolute Gasteiger partial charge is 0.0150 e. The molecule has 0 radical (unpaired) electrons. The molecular formula is C4H12N2O2. The van der Waals surface area contributed by atoms with Crippen LogP contribution in [0.1, 0.15) is 13.8 Å². The molecule has 0 unspecified atom stereocenters. The van der Waals surface area contributed by atoms with Gasteiger partial charge in [0.2, 0.25) is 0 Å². The van der Waals surface area contributed by atoms with Gasteiger partial charge in [-0.2, -0.15) is 5.01 Å². The first-order chi connectivity index (χ1) is 3.72. The van der Waals surface area contributed by atoms with Gasteiger partial charge in [-0.3, -0.25) is 10.4 Å². The van der Waals surface area contributed by atoms with Crippen molar-refractivity contribution in [3.8, 4) is 0 Å². The molecule has 0 fully saturated rings. The lowest BCUT2D eigenvalue weighted by Crippen LogP contribution is -2.37. The van der Waals surface area contributed by atoms with E-state index in [1.807, 2.05) is 13.8 Å². The van der Waals surface area contributed by atoms with E-state index in [9.17, 15) is 0 Å². The van der Waals surface area contributed by atoms with Crippen molar-refractivity contribution in [1.29, 1.82) is 0 Å². The molecule has 0 heterocycles. The van der Waals surface area contributed by atoms with Gasteiger partial charge in [0.05, 0.1) is 0 Å². The van der Waals surface area contributed by atoms with Crippen LogP contribution in [0.15, 0.2) is 0 Å². The second-order valence-electron chi connectivity index (χ2n) is 1.41. The molecule has 4 nitrogen and oxygen atoms in total. The lowest BCUT2D eigenvalue weighted by Gasteiger charge is -2.20. The average Bonchev–Trinajstić information content (AvgIpc) is 1.69. The zero-order valence-corrected chi connectivity index (χ0v) is 5.20. The van der Waals surface area contributed by atoms with Crippen molar-refractivity contribution in [3.05, 3.63) is 0 Å². The van der Waals surface area contributed by atoms with E-state index >= 15 is 0 Å². The largest absolute Gasteiger partial charge is 0.276 e. The second kappa shape index (κ2) is 3.80. The number of hydrogen-bond donors (Lipinski definition) is 2. The summed E-state index contributed by atoms with van der Waals surface area (Å²) in [5.41, 5.74) is 0. The molecule has 0 aromatic carbocycles. The summed E-state index contributed by atoms with van der Waals surface area (Å²) in [4.78, 5) is 0. The Balaban J connectivity index is 3.35. The molecule has 8 heavy (non-hydrogen) atoms. The fourth-order valence-electron chi connectivity index (χ4n) is 0.477. The van der Waals surface area contributed by atoms with Crippen molar-refractivity contribution >= 4 is 0 Å². The highest BCUT2D eigenvalue weighted by Gasteiger charge is 2.02. The molecule has 0 saturated carbocycles. The third-order valence-electron chi connectivity index (χ3n) is 0.983. The molecule has 0 aromatic rings. The Labute approximate surface area is 48.8 Å². The summed E-state index contributed by atoms with van der Waals surface area (Å²) >= 11 is 0. The molecule has 0 amide bonds. The van der Waals surface area contributed by atoms with Gasteiger partial charge in [0.15, 0.2) is 0 Å². The molecule has 0 spiro atoms. The van der Waals surface area contributed by atoms with E-state index in [0.717, 1.165) is 0 Å². The molecule has 0 saturated heterocycles. The fourth-order valence-corrected chi connectivity index (χ4v) is 0.477. The molecule has 4 heteroatoms. The molecule has 0 bridgehead atoms. The zero-order valence-electron chi connectivity index (χ0n) is 5.20. The van der Waals surface area contributed by atoms with Crippen LogP contribution in [0.25, 0.3) is 0 Å². The quantitative estimate of drug-likeness (QED) is 0.527. The fraction of sp³-hybridized carbons (Fsp3) is 1.00. The average molecular weight is 120 g/mol. The third-order valence-corrected chi connectivity index (χ3v) is 0.983. The minimum absolute atomic E-state index is 0.111. The van der Waals surface area contributed by atoms with Crippen LogP contribution in [0.5, 0.6) is 0 Å². The Kier molecular flexibility index (Phi) is 3.72. The predicted octanol–water partition coefficient (Wildman–Crippen LogP) is 0.324. The van der Waals surface area contributed by atoms with E-state index in [4.69, 9.17) is 10.4 Å². The van der Waals surface area contributed by atoms with Gasteiger partial charge in [0.1, 0.15) is 0 Å². The summed E-state index contributed by atoms with van der Waals surface area (Å²) in [6, 6.07) is 0. The number of hydrazine groups is 1. The first kappa shape index (κ1) is 7.84. The Morgan fingerprint density at radius 3 is 1.50 bits per heavy atom. The van der Waals surface area contributed by atoms with Crippen LogP contribution in [0.3, 0.4) is 0 Å². The van der Waals surface area contributed by atoms with Gasteiger partial charge in [-0.05, 0) is 0 Å². The summed E-state index contributed by atoms with van der Waals surface area (Å²) in [6.07, 6.45) is 0. The molecule has 0 aromatic heterocycles. The van der Waals surface area contributed by atoms with E-state index in [1.165, 1.54) is 5.01 Å². The van der Waals surface area contributed by atoms with Crippen molar-refractivity contribution in [3.63, 3.8) is 0 Å². The van der Waals surface area contributed by atoms with Gasteiger partial charge in [-0.1, -0.05) is 13.8 Å². The standard InChI is InChI=1S/C4H12N2O2/c1-3-5(4-2)6(7)8/h7-8H,3-4H2,1-2H3. The minimum atomic E-state index is 0.111. The highest BCUT2D eigenvalue weighted by atomic mass is 16.8. The molecule has 50 valence electrons. The zero-order chi connectivity index (χ0) is 6.57. The van der Waals surface area contributed by atoms with Gasteiger partial charge in [0, 0.05) is 18.4 Å². The van der Waals surface area contributed by atoms with Crippen molar-refractivity contribution < 1.29 is 10.4 Å². The molecule has 0 aliphatic heterocycles. The van der Waals surface area contributed by atoms with Gasteiger partial charge in [-0.25, -0.2) is 0 Å². The molecule has 0 aliphatic rings. The van der Waals surface area contributed by atoms with Crippen LogP contribution in [0.2, 0.25) is 0 Å². The topological polar surface area (TPSA) is 46.9 Å². The van der Waals surface area contributed by atoms with Crippen LogP contribution < -0.4 is 0 Å². The highest BCUT2D eigenvalue weighted by Crippen LogP contribution is 1.86. The van der Waals surface area contributed by atoms with E-state index in [0.29, 0.717) is 13.1 Å². The maximum Gasteiger partial charge on any atom is 0.0150 e. The maximum atomic E-state index is 8.33. The lowest BCUT2D eigenvalue weighted by atomic mass is 10.6. The molecule has 2 N–H and O–H groups in total. The number of nitrogens with zero attached hydrogens (tertiary/aromatic N) is 2. The first-order valence-electron chi connectivity index (χ1n) is 2.65. The summed E-state index contributed by atoms with van der Waals surface area (Å²) in [6.45, 7) is 4.87. The Bertz CT molecular complexity index is 54.0. The summed E-state index contributed by atoms with van der Waals surface area (Å²) in [5, 5.41) is 18.1. The van der Waals surface area contributed by atoms with Crippen LogP contribution in [-0.4, -0.2) is 33.8 Å². The Morgan fingerprint density at radius 2 is 1.50 bits per heavy atom.